The topological polar surface area (TPSA) is 62.6 Å². The Kier molecular flexibility index (Phi) is 5.80. The van der Waals surface area contributed by atoms with E-state index in [4.69, 9.17) is 10.00 Å². The first-order valence-electron chi connectivity index (χ1n) is 5.28. The van der Waals surface area contributed by atoms with E-state index in [1.165, 1.54) is 4.90 Å². The molecule has 0 aliphatic carbocycles. The second kappa shape index (κ2) is 7.14. The van der Waals surface area contributed by atoms with Crippen molar-refractivity contribution >= 4 is 5.91 Å². The molecule has 1 saturated heterocycles. The van der Waals surface area contributed by atoms with Gasteiger partial charge in [-0.05, 0) is 0 Å². The van der Waals surface area contributed by atoms with E-state index in [9.17, 15) is 13.6 Å². The summed E-state index contributed by atoms with van der Waals surface area (Å²) in [6.07, 6.45) is -3.07. The maximum absolute atomic E-state index is 11.7. The van der Waals surface area contributed by atoms with Crippen LogP contribution in [-0.4, -0.2) is 56.2 Å². The molecule has 1 aliphatic heterocycles. The zero-order valence-electron chi connectivity index (χ0n) is 9.27. The van der Waals surface area contributed by atoms with E-state index in [2.05, 4.69) is 4.74 Å². The van der Waals surface area contributed by atoms with Gasteiger partial charge in [0.25, 0.3) is 6.43 Å². The highest BCUT2D eigenvalue weighted by Crippen LogP contribution is 2.06. The minimum Gasteiger partial charge on any atom is -0.375 e. The molecule has 5 nitrogen and oxygen atoms in total. The molecule has 1 fully saturated rings. The van der Waals surface area contributed by atoms with Crippen molar-refractivity contribution < 1.29 is 23.0 Å². The molecule has 0 aromatic carbocycles. The maximum atomic E-state index is 11.7. The normalized spacial score (nSPS) is 20.4. The van der Waals surface area contributed by atoms with Gasteiger partial charge in [-0.1, -0.05) is 0 Å². The SMILES string of the molecule is N#CC1CN(C(=O)CCOCC(F)F)CCO1. The Hall–Kier alpha value is -1.26. The van der Waals surface area contributed by atoms with Crippen LogP contribution in [0.1, 0.15) is 6.42 Å². The van der Waals surface area contributed by atoms with Crippen LogP contribution >= 0.6 is 0 Å². The van der Waals surface area contributed by atoms with Crippen LogP contribution < -0.4 is 0 Å². The standard InChI is InChI=1S/C10H14F2N2O3/c11-9(12)7-16-3-1-10(15)14-2-4-17-8(5-13)6-14/h8-9H,1-4,6-7H2. The maximum Gasteiger partial charge on any atom is 0.261 e. The molecule has 7 heteroatoms. The number of amides is 1. The Morgan fingerprint density at radius 2 is 2.41 bits per heavy atom. The van der Waals surface area contributed by atoms with Gasteiger partial charge in [-0.15, -0.1) is 0 Å². The fourth-order valence-electron chi connectivity index (χ4n) is 1.44. The molecule has 1 rings (SSSR count). The molecule has 0 radical (unpaired) electrons. The zero-order chi connectivity index (χ0) is 12.7. The molecule has 0 N–H and O–H groups in total. The van der Waals surface area contributed by atoms with Gasteiger partial charge in [0, 0.05) is 6.54 Å². The summed E-state index contributed by atoms with van der Waals surface area (Å²) in [5, 5.41) is 8.64. The first-order valence-corrected chi connectivity index (χ1v) is 5.28. The quantitative estimate of drug-likeness (QED) is 0.661. The van der Waals surface area contributed by atoms with Crippen LogP contribution in [0.4, 0.5) is 8.78 Å². The van der Waals surface area contributed by atoms with E-state index in [1.807, 2.05) is 6.07 Å². The molecule has 0 aromatic heterocycles. The third-order valence-electron chi connectivity index (χ3n) is 2.27. The van der Waals surface area contributed by atoms with Gasteiger partial charge in [0.15, 0.2) is 6.10 Å². The van der Waals surface area contributed by atoms with Crippen molar-refractivity contribution in [1.82, 2.24) is 4.90 Å². The minimum atomic E-state index is -2.52. The van der Waals surface area contributed by atoms with Crippen LogP contribution in [0.15, 0.2) is 0 Å². The summed E-state index contributed by atoms with van der Waals surface area (Å²) in [5.41, 5.74) is 0. The summed E-state index contributed by atoms with van der Waals surface area (Å²) in [6.45, 7) is 0.285. The lowest BCUT2D eigenvalue weighted by Gasteiger charge is -2.29. The van der Waals surface area contributed by atoms with Crippen LogP contribution in [0, 0.1) is 11.3 Å². The van der Waals surface area contributed by atoms with Crippen LogP contribution in [0.25, 0.3) is 0 Å². The van der Waals surface area contributed by atoms with Gasteiger partial charge in [0.05, 0.1) is 32.2 Å². The number of morpholine rings is 1. The van der Waals surface area contributed by atoms with Gasteiger partial charge >= 0.3 is 0 Å². The summed E-state index contributed by atoms with van der Waals surface area (Å²) < 4.78 is 33.2. The Bertz CT molecular complexity index is 294. The number of alkyl halides is 2. The molecule has 96 valence electrons. The fourth-order valence-corrected chi connectivity index (χ4v) is 1.44. The Morgan fingerprint density at radius 3 is 3.06 bits per heavy atom. The molecule has 0 bridgehead atoms. The zero-order valence-corrected chi connectivity index (χ0v) is 9.27. The Morgan fingerprint density at radius 1 is 1.65 bits per heavy atom. The predicted octanol–water partition coefficient (Wildman–Crippen LogP) is 0.409. The van der Waals surface area contributed by atoms with Gasteiger partial charge in [-0.3, -0.25) is 4.79 Å². The van der Waals surface area contributed by atoms with Crippen molar-refractivity contribution in [1.29, 1.82) is 5.26 Å². The van der Waals surface area contributed by atoms with Crippen molar-refractivity contribution in [2.75, 3.05) is 32.9 Å². The van der Waals surface area contributed by atoms with Crippen molar-refractivity contribution in [3.63, 3.8) is 0 Å². The first-order chi connectivity index (χ1) is 8.13. The number of halogens is 2. The van der Waals surface area contributed by atoms with E-state index in [0.717, 1.165) is 0 Å². The summed E-state index contributed by atoms with van der Waals surface area (Å²) in [5.74, 6) is -0.206. The largest absolute Gasteiger partial charge is 0.375 e. The highest BCUT2D eigenvalue weighted by atomic mass is 19.3. The smallest absolute Gasteiger partial charge is 0.261 e. The number of hydrogen-bond donors (Lipinski definition) is 0. The van der Waals surface area contributed by atoms with Crippen LogP contribution in [0.3, 0.4) is 0 Å². The van der Waals surface area contributed by atoms with Crippen LogP contribution in [0.2, 0.25) is 0 Å². The molecule has 1 aliphatic rings. The summed E-state index contributed by atoms with van der Waals surface area (Å²) in [4.78, 5) is 13.1. The second-order valence-electron chi connectivity index (χ2n) is 3.54. The molecule has 1 atom stereocenters. The summed E-state index contributed by atoms with van der Waals surface area (Å²) >= 11 is 0. The molecule has 1 heterocycles. The van der Waals surface area contributed by atoms with E-state index in [-0.39, 0.29) is 25.5 Å². The number of carbonyl (C=O) groups excluding carboxylic acids is 1. The summed E-state index contributed by atoms with van der Waals surface area (Å²) in [7, 11) is 0. The van der Waals surface area contributed by atoms with E-state index in [1.54, 1.807) is 0 Å². The molecule has 0 aromatic rings. The molecular weight excluding hydrogens is 234 g/mol. The number of ether oxygens (including phenoxy) is 2. The van der Waals surface area contributed by atoms with Crippen LogP contribution in [0.5, 0.6) is 0 Å². The first kappa shape index (κ1) is 13.8. The number of hydrogen-bond acceptors (Lipinski definition) is 4. The van der Waals surface area contributed by atoms with Gasteiger partial charge in [-0.25, -0.2) is 8.78 Å². The van der Waals surface area contributed by atoms with Crippen LogP contribution in [-0.2, 0) is 14.3 Å². The molecular formula is C10H14F2N2O3. The molecule has 0 spiro atoms. The molecule has 0 saturated carbocycles. The van der Waals surface area contributed by atoms with Crippen molar-refractivity contribution in [2.45, 2.75) is 19.0 Å². The third-order valence-corrected chi connectivity index (χ3v) is 2.27. The Balaban J connectivity index is 2.21. The van der Waals surface area contributed by atoms with Gasteiger partial charge in [0.1, 0.15) is 6.61 Å². The second-order valence-corrected chi connectivity index (χ2v) is 3.54. The number of carbonyl (C=O) groups is 1. The average molecular weight is 248 g/mol. The van der Waals surface area contributed by atoms with Crippen molar-refractivity contribution in [2.24, 2.45) is 0 Å². The lowest BCUT2D eigenvalue weighted by atomic mass is 10.2. The van der Waals surface area contributed by atoms with E-state index in [0.29, 0.717) is 13.2 Å². The predicted molar refractivity (Wildman–Crippen MR) is 53.4 cm³/mol. The van der Waals surface area contributed by atoms with Gasteiger partial charge in [-0.2, -0.15) is 5.26 Å². The van der Waals surface area contributed by atoms with E-state index < -0.39 is 19.1 Å². The average Bonchev–Trinajstić information content (AvgIpc) is 2.34. The highest BCUT2D eigenvalue weighted by Gasteiger charge is 2.23. The summed E-state index contributed by atoms with van der Waals surface area (Å²) in [6, 6.07) is 1.92. The van der Waals surface area contributed by atoms with Crippen molar-refractivity contribution in [3.05, 3.63) is 0 Å². The highest BCUT2D eigenvalue weighted by molar-refractivity contribution is 5.76. The number of nitrogens with zero attached hydrogens (tertiary/aromatic N) is 2. The fraction of sp³-hybridized carbons (Fsp3) is 0.800. The minimum absolute atomic E-state index is 0.0300. The lowest BCUT2D eigenvalue weighted by Crippen LogP contribution is -2.45. The number of nitriles is 1. The molecule has 1 unspecified atom stereocenters. The third kappa shape index (κ3) is 5.06. The van der Waals surface area contributed by atoms with Gasteiger partial charge < -0.3 is 14.4 Å². The number of rotatable bonds is 5. The monoisotopic (exact) mass is 248 g/mol. The Labute approximate surface area is 97.9 Å². The van der Waals surface area contributed by atoms with Gasteiger partial charge in [0.2, 0.25) is 5.91 Å². The molecule has 1 amide bonds. The molecule has 17 heavy (non-hydrogen) atoms. The van der Waals surface area contributed by atoms with Crippen molar-refractivity contribution in [3.8, 4) is 6.07 Å². The lowest BCUT2D eigenvalue weighted by molar-refractivity contribution is -0.138. The van der Waals surface area contributed by atoms with E-state index >= 15 is 0 Å².